The lowest BCUT2D eigenvalue weighted by Crippen LogP contribution is -1.98. The maximum Gasteiger partial charge on any atom is 0.187 e. The first-order valence-corrected chi connectivity index (χ1v) is 10.9. The summed E-state index contributed by atoms with van der Waals surface area (Å²) in [6.45, 7) is 2.53. The van der Waals surface area contributed by atoms with Crippen molar-refractivity contribution in [1.29, 1.82) is 0 Å². The van der Waals surface area contributed by atoms with Crippen LogP contribution in [-0.4, -0.2) is 17.4 Å². The van der Waals surface area contributed by atoms with E-state index in [9.17, 15) is 4.79 Å². The van der Waals surface area contributed by atoms with Gasteiger partial charge in [-0.15, -0.1) is 0 Å². The highest BCUT2D eigenvalue weighted by atomic mass is 35.5. The highest BCUT2D eigenvalue weighted by Gasteiger charge is 2.13. The Morgan fingerprint density at radius 2 is 1.59 bits per heavy atom. The van der Waals surface area contributed by atoms with E-state index in [0.717, 1.165) is 38.2 Å². The molecule has 5 aromatic rings. The van der Waals surface area contributed by atoms with E-state index in [1.807, 2.05) is 79.7 Å². The lowest BCUT2D eigenvalue weighted by Gasteiger charge is -2.09. The van der Waals surface area contributed by atoms with E-state index in [0.29, 0.717) is 22.9 Å². The summed E-state index contributed by atoms with van der Waals surface area (Å²) in [7, 11) is 0. The van der Waals surface area contributed by atoms with Crippen molar-refractivity contribution < 1.29 is 9.53 Å². The Bertz CT molecular complexity index is 1470. The second kappa shape index (κ2) is 8.45. The molecule has 0 aliphatic rings. The molecule has 0 bridgehead atoms. The smallest absolute Gasteiger partial charge is 0.187 e. The summed E-state index contributed by atoms with van der Waals surface area (Å²) in [5, 5.41) is 5.23. The van der Waals surface area contributed by atoms with Crippen LogP contribution < -0.4 is 4.74 Å². The van der Waals surface area contributed by atoms with Crippen LogP contribution in [0.5, 0.6) is 5.75 Å². The van der Waals surface area contributed by atoms with Gasteiger partial charge in [-0.05, 0) is 64.9 Å². The van der Waals surface area contributed by atoms with Gasteiger partial charge in [-0.2, -0.15) is 0 Å². The zero-order valence-electron chi connectivity index (χ0n) is 17.5. The first-order chi connectivity index (χ1) is 15.6. The van der Waals surface area contributed by atoms with Gasteiger partial charge in [0.15, 0.2) is 5.78 Å². The highest BCUT2D eigenvalue weighted by Crippen LogP contribution is 2.30. The van der Waals surface area contributed by atoms with Crippen molar-refractivity contribution >= 4 is 55.9 Å². The fourth-order valence-corrected chi connectivity index (χ4v) is 4.25. The van der Waals surface area contributed by atoms with E-state index in [4.69, 9.17) is 16.3 Å². The zero-order valence-corrected chi connectivity index (χ0v) is 18.3. The minimum Gasteiger partial charge on any atom is -0.494 e. The number of halogens is 1. The van der Waals surface area contributed by atoms with Crippen LogP contribution in [0, 0.1) is 0 Å². The van der Waals surface area contributed by atoms with E-state index < -0.39 is 0 Å². The van der Waals surface area contributed by atoms with Crippen LogP contribution in [0.15, 0.2) is 84.9 Å². The van der Waals surface area contributed by atoms with Gasteiger partial charge >= 0.3 is 0 Å². The van der Waals surface area contributed by atoms with Crippen molar-refractivity contribution in [2.45, 2.75) is 6.92 Å². The molecular formula is C28H20ClNO2. The monoisotopic (exact) mass is 437 g/mol. The molecule has 0 amide bonds. The first-order valence-electron chi connectivity index (χ1n) is 10.5. The fourth-order valence-electron chi connectivity index (χ4n) is 4.04. The number of allylic oxidation sites excluding steroid dienone is 1. The largest absolute Gasteiger partial charge is 0.494 e. The molecule has 156 valence electrons. The van der Waals surface area contributed by atoms with Crippen LogP contribution in [0.25, 0.3) is 38.5 Å². The lowest BCUT2D eigenvalue weighted by atomic mass is 9.94. The van der Waals surface area contributed by atoms with Crippen LogP contribution in [0.1, 0.15) is 22.8 Å². The Kier molecular flexibility index (Phi) is 5.34. The summed E-state index contributed by atoms with van der Waals surface area (Å²) < 4.78 is 5.54. The summed E-state index contributed by atoms with van der Waals surface area (Å²) >= 11 is 6.44. The normalized spacial score (nSPS) is 11.6. The Morgan fingerprint density at radius 1 is 0.906 bits per heavy atom. The molecule has 3 nitrogen and oxygen atoms in total. The number of fused-ring (bicyclic) bond motifs is 3. The summed E-state index contributed by atoms with van der Waals surface area (Å²) in [5.41, 5.74) is 2.15. The SMILES string of the molecule is CCOc1ccc2cc(/C=C/C(=O)c3c4ccccc4cc4ccccc34)c(Cl)nc2c1. The van der Waals surface area contributed by atoms with Crippen molar-refractivity contribution in [3.63, 3.8) is 0 Å². The summed E-state index contributed by atoms with van der Waals surface area (Å²) in [4.78, 5) is 17.9. The molecule has 0 unspecified atom stereocenters. The molecule has 0 fully saturated rings. The molecule has 0 saturated heterocycles. The third-order valence-electron chi connectivity index (χ3n) is 5.51. The molecule has 4 aromatic carbocycles. The van der Waals surface area contributed by atoms with Gasteiger partial charge in [-0.25, -0.2) is 4.98 Å². The number of pyridine rings is 1. The number of hydrogen-bond donors (Lipinski definition) is 0. The van der Waals surface area contributed by atoms with Crippen LogP contribution >= 0.6 is 11.6 Å². The molecule has 1 aromatic heterocycles. The molecular weight excluding hydrogens is 418 g/mol. The number of ether oxygens (including phenoxy) is 1. The van der Waals surface area contributed by atoms with Crippen LogP contribution in [0.4, 0.5) is 0 Å². The molecule has 0 N–H and O–H groups in total. The number of hydrogen-bond acceptors (Lipinski definition) is 3. The summed E-state index contributed by atoms with van der Waals surface area (Å²) in [6.07, 6.45) is 3.32. The molecule has 4 heteroatoms. The van der Waals surface area contributed by atoms with Gasteiger partial charge in [0.2, 0.25) is 0 Å². The van der Waals surface area contributed by atoms with Gasteiger partial charge in [0.25, 0.3) is 0 Å². The molecule has 0 spiro atoms. The molecule has 1 heterocycles. The zero-order chi connectivity index (χ0) is 22.1. The van der Waals surface area contributed by atoms with Gasteiger partial charge in [-0.3, -0.25) is 4.79 Å². The Hall–Kier alpha value is -3.69. The van der Waals surface area contributed by atoms with Crippen molar-refractivity contribution in [3.8, 4) is 5.75 Å². The minimum absolute atomic E-state index is 0.0687. The maximum atomic E-state index is 13.4. The molecule has 0 aliphatic carbocycles. The molecule has 0 radical (unpaired) electrons. The maximum absolute atomic E-state index is 13.4. The van der Waals surface area contributed by atoms with Crippen LogP contribution in [-0.2, 0) is 0 Å². The van der Waals surface area contributed by atoms with Crippen molar-refractivity contribution in [2.75, 3.05) is 6.61 Å². The van der Waals surface area contributed by atoms with E-state index in [1.54, 1.807) is 12.2 Å². The lowest BCUT2D eigenvalue weighted by molar-refractivity contribution is 0.105. The highest BCUT2D eigenvalue weighted by molar-refractivity contribution is 6.31. The average molecular weight is 438 g/mol. The van der Waals surface area contributed by atoms with Gasteiger partial charge in [0.1, 0.15) is 10.9 Å². The summed E-state index contributed by atoms with van der Waals surface area (Å²) in [5.74, 6) is 0.686. The molecule has 0 saturated carbocycles. The standard InChI is InChI=1S/C28H20ClNO2/c1-2-32-22-13-11-20-16-21(28(29)30-25(20)17-22)12-14-26(31)27-23-9-5-3-7-18(23)15-19-8-4-6-10-24(19)27/h3-17H,2H2,1H3/b14-12+. The fraction of sp³-hybridized carbons (Fsp3) is 0.0714. The van der Waals surface area contributed by atoms with E-state index >= 15 is 0 Å². The number of ketones is 1. The van der Waals surface area contributed by atoms with Crippen LogP contribution in [0.2, 0.25) is 5.15 Å². The van der Waals surface area contributed by atoms with E-state index in [2.05, 4.69) is 11.1 Å². The van der Waals surface area contributed by atoms with Crippen molar-refractivity contribution in [1.82, 2.24) is 4.98 Å². The summed E-state index contributed by atoms with van der Waals surface area (Å²) in [6, 6.07) is 25.7. The number of nitrogens with zero attached hydrogens (tertiary/aromatic N) is 1. The van der Waals surface area contributed by atoms with Gasteiger partial charge < -0.3 is 4.74 Å². The van der Waals surface area contributed by atoms with Gasteiger partial charge in [0, 0.05) is 22.6 Å². The predicted octanol–water partition coefficient (Wildman–Crippen LogP) is 7.49. The second-order valence-corrected chi connectivity index (χ2v) is 7.91. The van der Waals surface area contributed by atoms with Gasteiger partial charge in [0.05, 0.1) is 12.1 Å². The third-order valence-corrected chi connectivity index (χ3v) is 5.82. The number of carbonyl (C=O) groups excluding carboxylic acids is 1. The number of carbonyl (C=O) groups is 1. The molecule has 32 heavy (non-hydrogen) atoms. The quantitative estimate of drug-likeness (QED) is 0.124. The Balaban J connectivity index is 1.57. The van der Waals surface area contributed by atoms with E-state index in [1.165, 1.54) is 0 Å². The topological polar surface area (TPSA) is 39.2 Å². The average Bonchev–Trinajstić information content (AvgIpc) is 2.81. The molecule has 5 rings (SSSR count). The number of aromatic nitrogens is 1. The Morgan fingerprint density at radius 3 is 2.28 bits per heavy atom. The van der Waals surface area contributed by atoms with Crippen molar-refractivity contribution in [2.24, 2.45) is 0 Å². The van der Waals surface area contributed by atoms with Gasteiger partial charge in [-0.1, -0.05) is 60.1 Å². The third kappa shape index (κ3) is 3.72. The van der Waals surface area contributed by atoms with Crippen LogP contribution in [0.3, 0.4) is 0 Å². The van der Waals surface area contributed by atoms with E-state index in [-0.39, 0.29) is 5.78 Å². The minimum atomic E-state index is -0.0687. The first kappa shape index (κ1) is 20.2. The second-order valence-electron chi connectivity index (χ2n) is 7.55. The predicted molar refractivity (Wildman–Crippen MR) is 133 cm³/mol. The number of rotatable bonds is 5. The Labute approximate surface area is 190 Å². The number of benzene rings is 4. The molecule has 0 aliphatic heterocycles. The molecule has 0 atom stereocenters. The van der Waals surface area contributed by atoms with Crippen molar-refractivity contribution in [3.05, 3.63) is 101 Å².